The molecule has 0 bridgehead atoms. The van der Waals surface area contributed by atoms with Crippen molar-refractivity contribution < 1.29 is 23.5 Å². The summed E-state index contributed by atoms with van der Waals surface area (Å²) in [4.78, 5) is 26.3. The van der Waals surface area contributed by atoms with Crippen LogP contribution in [0.15, 0.2) is 5.11 Å². The van der Waals surface area contributed by atoms with Gasteiger partial charge in [-0.1, -0.05) is 5.11 Å². The van der Waals surface area contributed by atoms with E-state index in [2.05, 4.69) is 15.3 Å². The van der Waals surface area contributed by atoms with Crippen molar-refractivity contribution >= 4 is 12.1 Å². The second-order valence-corrected chi connectivity index (χ2v) is 6.98. The third-order valence-electron chi connectivity index (χ3n) is 2.22. The highest BCUT2D eigenvalue weighted by atomic mass is 19.1. The Morgan fingerprint density at radius 1 is 1.17 bits per heavy atom. The molecule has 1 amide bonds. The van der Waals surface area contributed by atoms with Crippen molar-refractivity contribution in [1.82, 2.24) is 5.32 Å². The Kier molecular flexibility index (Phi) is 7.82. The number of halogens is 1. The molecule has 9 heteroatoms. The molecule has 0 aliphatic rings. The van der Waals surface area contributed by atoms with Gasteiger partial charge in [-0.05, 0) is 47.1 Å². The number of carbonyl (C=O) groups is 2. The molecule has 0 rings (SSSR count). The summed E-state index contributed by atoms with van der Waals surface area (Å²) in [6.07, 6.45) is -2.84. The lowest BCUT2D eigenvalue weighted by atomic mass is 10.1. The number of amides is 1. The van der Waals surface area contributed by atoms with Crippen molar-refractivity contribution in [3.63, 3.8) is 0 Å². The van der Waals surface area contributed by atoms with Gasteiger partial charge in [0.15, 0.2) is 0 Å². The Morgan fingerprint density at radius 2 is 1.70 bits per heavy atom. The molecule has 23 heavy (non-hydrogen) atoms. The number of alkyl halides is 1. The molecule has 0 saturated heterocycles. The van der Waals surface area contributed by atoms with Gasteiger partial charge in [-0.25, -0.2) is 14.0 Å². The number of ether oxygens (including phenoxy) is 2. The molecule has 132 valence electrons. The van der Waals surface area contributed by atoms with E-state index in [1.807, 2.05) is 0 Å². The van der Waals surface area contributed by atoms with Gasteiger partial charge in [-0.15, -0.1) is 0 Å². The Bertz CT molecular complexity index is 464. The van der Waals surface area contributed by atoms with Gasteiger partial charge < -0.3 is 14.8 Å². The maximum atomic E-state index is 13.8. The Morgan fingerprint density at radius 3 is 2.13 bits per heavy atom. The number of hydrogen-bond acceptors (Lipinski definition) is 5. The van der Waals surface area contributed by atoms with Crippen LogP contribution in [-0.2, 0) is 14.3 Å². The van der Waals surface area contributed by atoms with Crippen molar-refractivity contribution in [1.29, 1.82) is 0 Å². The minimum absolute atomic E-state index is 0.382. The first-order chi connectivity index (χ1) is 10.3. The average molecular weight is 332 g/mol. The normalized spacial score (nSPS) is 14.2. The van der Waals surface area contributed by atoms with Gasteiger partial charge in [-0.3, -0.25) is 0 Å². The van der Waals surface area contributed by atoms with Crippen LogP contribution < -0.4 is 5.32 Å². The van der Waals surface area contributed by atoms with Crippen LogP contribution >= 0.6 is 0 Å². The highest BCUT2D eigenvalue weighted by molar-refractivity contribution is 5.81. The third-order valence-corrected chi connectivity index (χ3v) is 2.22. The molecule has 1 N–H and O–H groups in total. The van der Waals surface area contributed by atoms with E-state index >= 15 is 0 Å². The summed E-state index contributed by atoms with van der Waals surface area (Å²) < 4.78 is 24.0. The van der Waals surface area contributed by atoms with Gasteiger partial charge in [0.2, 0.25) is 0 Å². The first-order valence-corrected chi connectivity index (χ1v) is 7.21. The SMILES string of the molecule is CC(C)(C)OC(=O)N[C@@H](C[C@@H](F)CN=[N+]=[N-])C(=O)OC(C)(C)C. The van der Waals surface area contributed by atoms with Crippen molar-refractivity contribution in [3.8, 4) is 0 Å². The van der Waals surface area contributed by atoms with Crippen molar-refractivity contribution in [3.05, 3.63) is 10.4 Å². The highest BCUT2D eigenvalue weighted by Gasteiger charge is 2.30. The summed E-state index contributed by atoms with van der Waals surface area (Å²) in [6.45, 7) is 9.51. The maximum Gasteiger partial charge on any atom is 0.408 e. The summed E-state index contributed by atoms with van der Waals surface area (Å²) in [7, 11) is 0. The summed E-state index contributed by atoms with van der Waals surface area (Å²) in [5.74, 6) is -0.785. The second kappa shape index (κ2) is 8.57. The molecule has 0 aromatic heterocycles. The molecule has 0 heterocycles. The van der Waals surface area contributed by atoms with Crippen LogP contribution in [0.2, 0.25) is 0 Å². The van der Waals surface area contributed by atoms with E-state index in [4.69, 9.17) is 15.0 Å². The fraction of sp³-hybridized carbons (Fsp3) is 0.857. The molecule has 0 spiro atoms. The van der Waals surface area contributed by atoms with E-state index in [0.29, 0.717) is 0 Å². The maximum absolute atomic E-state index is 13.8. The molecule has 0 fully saturated rings. The van der Waals surface area contributed by atoms with Crippen molar-refractivity contribution in [2.45, 2.75) is 71.4 Å². The van der Waals surface area contributed by atoms with E-state index in [1.165, 1.54) is 0 Å². The molecular formula is C14H25FN4O4. The number of carbonyl (C=O) groups excluding carboxylic acids is 2. The van der Waals surface area contributed by atoms with Gasteiger partial charge >= 0.3 is 12.1 Å². The minimum Gasteiger partial charge on any atom is -0.458 e. The summed E-state index contributed by atoms with van der Waals surface area (Å²) in [6, 6.07) is -1.24. The number of azide groups is 1. The number of alkyl carbamates (subject to hydrolysis) is 1. The quantitative estimate of drug-likeness (QED) is 0.348. The topological polar surface area (TPSA) is 113 Å². The van der Waals surface area contributed by atoms with Crippen LogP contribution in [-0.4, -0.2) is 42.0 Å². The average Bonchev–Trinajstić information content (AvgIpc) is 2.31. The molecule has 0 aliphatic heterocycles. The van der Waals surface area contributed by atoms with Gasteiger partial charge in [0, 0.05) is 11.3 Å². The molecular weight excluding hydrogens is 307 g/mol. The molecule has 0 unspecified atom stereocenters. The summed E-state index contributed by atoms with van der Waals surface area (Å²) in [5.41, 5.74) is 6.64. The van der Waals surface area contributed by atoms with E-state index in [1.54, 1.807) is 41.5 Å². The van der Waals surface area contributed by atoms with Crippen LogP contribution in [0.25, 0.3) is 10.4 Å². The third kappa shape index (κ3) is 11.2. The summed E-state index contributed by atoms with van der Waals surface area (Å²) in [5, 5.41) is 5.40. The zero-order valence-electron chi connectivity index (χ0n) is 14.4. The first-order valence-electron chi connectivity index (χ1n) is 7.21. The smallest absolute Gasteiger partial charge is 0.408 e. The Balaban J connectivity index is 4.95. The van der Waals surface area contributed by atoms with E-state index in [-0.39, 0.29) is 6.42 Å². The number of hydrogen-bond donors (Lipinski definition) is 1. The second-order valence-electron chi connectivity index (χ2n) is 6.98. The fourth-order valence-corrected chi connectivity index (χ4v) is 1.49. The van der Waals surface area contributed by atoms with Crippen LogP contribution in [0.3, 0.4) is 0 Å². The molecule has 8 nitrogen and oxygen atoms in total. The van der Waals surface area contributed by atoms with Crippen LogP contribution in [0, 0.1) is 0 Å². The van der Waals surface area contributed by atoms with Gasteiger partial charge in [0.25, 0.3) is 0 Å². The number of rotatable bonds is 6. The van der Waals surface area contributed by atoms with Gasteiger partial charge in [0.1, 0.15) is 23.4 Å². The number of nitrogens with one attached hydrogen (secondary N) is 1. The molecule has 2 atom stereocenters. The fourth-order valence-electron chi connectivity index (χ4n) is 1.49. The Hall–Kier alpha value is -2.02. The number of nitrogens with zero attached hydrogens (tertiary/aromatic N) is 3. The predicted molar refractivity (Wildman–Crippen MR) is 82.5 cm³/mol. The lowest BCUT2D eigenvalue weighted by Crippen LogP contribution is -2.47. The molecule has 0 aliphatic carbocycles. The van der Waals surface area contributed by atoms with Crippen molar-refractivity contribution in [2.24, 2.45) is 5.11 Å². The zero-order valence-corrected chi connectivity index (χ0v) is 14.4. The molecule has 0 aromatic rings. The largest absolute Gasteiger partial charge is 0.458 e. The van der Waals surface area contributed by atoms with Crippen molar-refractivity contribution in [2.75, 3.05) is 6.54 Å². The lowest BCUT2D eigenvalue weighted by Gasteiger charge is -2.26. The van der Waals surface area contributed by atoms with Crippen LogP contribution in [0.1, 0.15) is 48.0 Å². The van der Waals surface area contributed by atoms with Crippen LogP contribution in [0.4, 0.5) is 9.18 Å². The predicted octanol–water partition coefficient (Wildman–Crippen LogP) is 3.26. The molecule has 0 saturated carbocycles. The van der Waals surface area contributed by atoms with E-state index in [0.717, 1.165) is 0 Å². The summed E-state index contributed by atoms with van der Waals surface area (Å²) >= 11 is 0. The van der Waals surface area contributed by atoms with Crippen LogP contribution in [0.5, 0.6) is 0 Å². The lowest BCUT2D eigenvalue weighted by molar-refractivity contribution is -0.158. The molecule has 0 aromatic carbocycles. The zero-order chi connectivity index (χ0) is 18.3. The van der Waals surface area contributed by atoms with Gasteiger partial charge in [0.05, 0.1) is 6.54 Å². The number of esters is 1. The Labute approximate surface area is 135 Å². The monoisotopic (exact) mass is 332 g/mol. The van der Waals surface area contributed by atoms with E-state index in [9.17, 15) is 14.0 Å². The molecule has 0 radical (unpaired) electrons. The standard InChI is InChI=1S/C14H25FN4O4/c1-13(2,3)22-11(20)10(7-9(15)8-17-19-16)18-12(21)23-14(4,5)6/h9-10H,7-8H2,1-6H3,(H,18,21)/t9-,10+/m1/s1. The van der Waals surface area contributed by atoms with E-state index < -0.39 is 42.0 Å². The first kappa shape index (κ1) is 21.0. The minimum atomic E-state index is -1.60. The highest BCUT2D eigenvalue weighted by Crippen LogP contribution is 2.14. The van der Waals surface area contributed by atoms with Gasteiger partial charge in [-0.2, -0.15) is 0 Å².